The zero-order valence-electron chi connectivity index (χ0n) is 15.9. The van der Waals surface area contributed by atoms with Gasteiger partial charge in [-0.15, -0.1) is 0 Å². The number of hydrogen-bond donors (Lipinski definition) is 2. The minimum atomic E-state index is -0.387. The van der Waals surface area contributed by atoms with Gasteiger partial charge in [-0.25, -0.2) is 0 Å². The van der Waals surface area contributed by atoms with Crippen molar-refractivity contribution < 1.29 is 9.59 Å². The number of hydrogen-bond acceptors (Lipinski definition) is 5. The van der Waals surface area contributed by atoms with Crippen molar-refractivity contribution in [3.05, 3.63) is 41.2 Å². The molecule has 3 rings (SSSR count). The molecular formula is C17H22N8O2. The monoisotopic (exact) mass is 370 g/mol. The third-order valence-electron chi connectivity index (χ3n) is 4.40. The van der Waals surface area contributed by atoms with Gasteiger partial charge in [0.2, 0.25) is 0 Å². The SMILES string of the molecule is CCn1cc(C(=O)Nc2cnn(C)c2C(=O)Nc2cnn(C)c2C)c(C)n1. The van der Waals surface area contributed by atoms with Gasteiger partial charge in [0.15, 0.2) is 0 Å². The summed E-state index contributed by atoms with van der Waals surface area (Å²) < 4.78 is 4.76. The maximum atomic E-state index is 12.7. The van der Waals surface area contributed by atoms with Crippen LogP contribution < -0.4 is 10.6 Å². The number of carbonyl (C=O) groups is 2. The average molecular weight is 370 g/mol. The Morgan fingerprint density at radius 2 is 1.63 bits per heavy atom. The lowest BCUT2D eigenvalue weighted by Gasteiger charge is -2.08. The minimum Gasteiger partial charge on any atom is -0.318 e. The van der Waals surface area contributed by atoms with E-state index in [1.54, 1.807) is 42.8 Å². The summed E-state index contributed by atoms with van der Waals surface area (Å²) >= 11 is 0. The largest absolute Gasteiger partial charge is 0.318 e. The van der Waals surface area contributed by atoms with E-state index in [0.29, 0.717) is 29.2 Å². The summed E-state index contributed by atoms with van der Waals surface area (Å²) in [4.78, 5) is 25.4. The second-order valence-corrected chi connectivity index (χ2v) is 6.19. The highest BCUT2D eigenvalue weighted by Gasteiger charge is 2.22. The van der Waals surface area contributed by atoms with Crippen molar-refractivity contribution in [2.45, 2.75) is 27.3 Å². The van der Waals surface area contributed by atoms with Crippen LogP contribution in [-0.4, -0.2) is 41.2 Å². The van der Waals surface area contributed by atoms with Crippen LogP contribution in [0.15, 0.2) is 18.6 Å². The van der Waals surface area contributed by atoms with Gasteiger partial charge in [-0.2, -0.15) is 15.3 Å². The van der Waals surface area contributed by atoms with E-state index < -0.39 is 0 Å². The van der Waals surface area contributed by atoms with Gasteiger partial charge in [0.05, 0.1) is 40.7 Å². The van der Waals surface area contributed by atoms with Crippen molar-refractivity contribution >= 4 is 23.2 Å². The molecule has 0 saturated carbocycles. The lowest BCUT2D eigenvalue weighted by Crippen LogP contribution is -2.20. The molecule has 10 heteroatoms. The first-order chi connectivity index (χ1) is 12.8. The maximum absolute atomic E-state index is 12.7. The number of nitrogens with zero attached hydrogens (tertiary/aromatic N) is 6. The highest BCUT2D eigenvalue weighted by atomic mass is 16.2. The summed E-state index contributed by atoms with van der Waals surface area (Å²) in [5.74, 6) is -0.728. The van der Waals surface area contributed by atoms with Gasteiger partial charge in [-0.1, -0.05) is 0 Å². The lowest BCUT2D eigenvalue weighted by molar-refractivity contribution is 0.101. The number of anilines is 2. The van der Waals surface area contributed by atoms with Crippen LogP contribution in [0.2, 0.25) is 0 Å². The third kappa shape index (κ3) is 3.46. The second-order valence-electron chi connectivity index (χ2n) is 6.19. The summed E-state index contributed by atoms with van der Waals surface area (Å²) in [7, 11) is 3.43. The van der Waals surface area contributed by atoms with Crippen LogP contribution in [0.3, 0.4) is 0 Å². The molecule has 0 unspecified atom stereocenters. The Morgan fingerprint density at radius 1 is 1.00 bits per heavy atom. The van der Waals surface area contributed by atoms with Crippen LogP contribution in [0.4, 0.5) is 11.4 Å². The van der Waals surface area contributed by atoms with E-state index in [-0.39, 0.29) is 17.5 Å². The van der Waals surface area contributed by atoms with Gasteiger partial charge >= 0.3 is 0 Å². The Hall–Kier alpha value is -3.43. The lowest BCUT2D eigenvalue weighted by atomic mass is 10.2. The molecule has 2 amide bonds. The van der Waals surface area contributed by atoms with Gasteiger partial charge in [0, 0.05) is 26.8 Å². The molecule has 142 valence electrons. The first-order valence-corrected chi connectivity index (χ1v) is 8.49. The molecule has 3 aromatic rings. The molecular weight excluding hydrogens is 348 g/mol. The molecule has 0 aliphatic carbocycles. The molecule has 0 bridgehead atoms. The molecule has 0 fully saturated rings. The van der Waals surface area contributed by atoms with Gasteiger partial charge in [0.1, 0.15) is 5.69 Å². The number of carbonyl (C=O) groups excluding carboxylic acids is 2. The van der Waals surface area contributed by atoms with Gasteiger partial charge in [0.25, 0.3) is 11.8 Å². The Bertz CT molecular complexity index is 1010. The van der Waals surface area contributed by atoms with Crippen molar-refractivity contribution in [2.75, 3.05) is 10.6 Å². The predicted octanol–water partition coefficient (Wildman–Crippen LogP) is 1.49. The smallest absolute Gasteiger partial charge is 0.276 e. The van der Waals surface area contributed by atoms with E-state index in [2.05, 4.69) is 25.9 Å². The zero-order valence-corrected chi connectivity index (χ0v) is 15.9. The molecule has 0 atom stereocenters. The molecule has 0 spiro atoms. The summed E-state index contributed by atoms with van der Waals surface area (Å²) in [6.07, 6.45) is 4.70. The molecule has 0 saturated heterocycles. The van der Waals surface area contributed by atoms with Crippen molar-refractivity contribution in [3.63, 3.8) is 0 Å². The van der Waals surface area contributed by atoms with Crippen molar-refractivity contribution in [1.29, 1.82) is 0 Å². The zero-order chi connectivity index (χ0) is 19.7. The molecule has 0 radical (unpaired) electrons. The Labute approximate surface area is 156 Å². The number of aryl methyl sites for hydroxylation is 4. The van der Waals surface area contributed by atoms with Crippen LogP contribution in [0.1, 0.15) is 39.2 Å². The summed E-state index contributed by atoms with van der Waals surface area (Å²) in [5.41, 5.74) is 3.06. The second kappa shape index (κ2) is 7.06. The van der Waals surface area contributed by atoms with Gasteiger partial charge < -0.3 is 10.6 Å². The van der Waals surface area contributed by atoms with Gasteiger partial charge in [-0.3, -0.25) is 23.6 Å². The van der Waals surface area contributed by atoms with Crippen LogP contribution in [0, 0.1) is 13.8 Å². The topological polar surface area (TPSA) is 112 Å². The van der Waals surface area contributed by atoms with Crippen molar-refractivity contribution in [1.82, 2.24) is 29.3 Å². The van der Waals surface area contributed by atoms with E-state index >= 15 is 0 Å². The normalized spacial score (nSPS) is 10.9. The standard InChI is InChI=1S/C17H22N8O2/c1-6-25-9-12(10(2)22-25)16(26)21-14-8-19-24(5)15(14)17(27)20-13-7-18-23(4)11(13)3/h7-9H,6H2,1-5H3,(H,20,27)(H,21,26). The summed E-state index contributed by atoms with van der Waals surface area (Å²) in [6, 6.07) is 0. The number of aromatic nitrogens is 6. The highest BCUT2D eigenvalue weighted by Crippen LogP contribution is 2.20. The Morgan fingerprint density at radius 3 is 2.22 bits per heavy atom. The van der Waals surface area contributed by atoms with E-state index in [4.69, 9.17) is 0 Å². The molecule has 0 aromatic carbocycles. The maximum Gasteiger partial charge on any atom is 0.276 e. The van der Waals surface area contributed by atoms with E-state index in [9.17, 15) is 9.59 Å². The third-order valence-corrected chi connectivity index (χ3v) is 4.40. The van der Waals surface area contributed by atoms with Crippen LogP contribution in [0.25, 0.3) is 0 Å². The molecule has 10 nitrogen and oxygen atoms in total. The molecule has 2 N–H and O–H groups in total. The Kier molecular flexibility index (Phi) is 4.80. The highest BCUT2D eigenvalue weighted by molar-refractivity contribution is 6.11. The van der Waals surface area contributed by atoms with Gasteiger partial charge in [-0.05, 0) is 20.8 Å². The van der Waals surface area contributed by atoms with E-state index in [1.807, 2.05) is 13.8 Å². The van der Waals surface area contributed by atoms with Crippen LogP contribution >= 0.6 is 0 Å². The molecule has 0 aliphatic heterocycles. The van der Waals surface area contributed by atoms with Crippen LogP contribution in [0.5, 0.6) is 0 Å². The molecule has 3 heterocycles. The average Bonchev–Trinajstić information content (AvgIpc) is 3.28. The number of rotatable bonds is 5. The fourth-order valence-corrected chi connectivity index (χ4v) is 2.69. The minimum absolute atomic E-state index is 0.243. The molecule has 3 aromatic heterocycles. The molecule has 27 heavy (non-hydrogen) atoms. The number of nitrogens with one attached hydrogen (secondary N) is 2. The molecule has 0 aliphatic rings. The predicted molar refractivity (Wildman–Crippen MR) is 99.7 cm³/mol. The van der Waals surface area contributed by atoms with Crippen molar-refractivity contribution in [2.24, 2.45) is 14.1 Å². The first-order valence-electron chi connectivity index (χ1n) is 8.49. The summed E-state index contributed by atoms with van der Waals surface area (Å²) in [6.45, 7) is 6.23. The van der Waals surface area contributed by atoms with Crippen molar-refractivity contribution in [3.8, 4) is 0 Å². The van der Waals surface area contributed by atoms with E-state index in [1.165, 1.54) is 10.9 Å². The Balaban J connectivity index is 1.83. The fourth-order valence-electron chi connectivity index (χ4n) is 2.69. The first kappa shape index (κ1) is 18.4. The fraction of sp³-hybridized carbons (Fsp3) is 0.353. The number of amides is 2. The van der Waals surface area contributed by atoms with E-state index in [0.717, 1.165) is 5.69 Å². The van der Waals surface area contributed by atoms with Crippen LogP contribution in [-0.2, 0) is 20.6 Å². The summed E-state index contributed by atoms with van der Waals surface area (Å²) in [5, 5.41) is 18.0. The quantitative estimate of drug-likeness (QED) is 0.707.